The summed E-state index contributed by atoms with van der Waals surface area (Å²) in [5.74, 6) is 0.312. The molecule has 2 rings (SSSR count). The van der Waals surface area contributed by atoms with E-state index in [0.717, 1.165) is 10.5 Å². The van der Waals surface area contributed by atoms with Crippen LogP contribution in [-0.4, -0.2) is 11.7 Å². The van der Waals surface area contributed by atoms with E-state index in [1.54, 1.807) is 12.1 Å². The summed E-state index contributed by atoms with van der Waals surface area (Å²) in [5, 5.41) is 3.49. The highest BCUT2D eigenvalue weighted by molar-refractivity contribution is 8.00. The summed E-state index contributed by atoms with van der Waals surface area (Å²) < 4.78 is 0. The molecule has 0 saturated carbocycles. The molecule has 0 aliphatic carbocycles. The number of nitrogens with two attached hydrogens (primary N) is 1. The van der Waals surface area contributed by atoms with Gasteiger partial charge in [0.2, 0.25) is 5.91 Å². The zero-order chi connectivity index (χ0) is 15.2. The Morgan fingerprint density at radius 3 is 2.62 bits per heavy atom. The number of rotatable bonds is 5. The van der Waals surface area contributed by atoms with E-state index in [1.807, 2.05) is 37.3 Å². The highest BCUT2D eigenvalue weighted by Crippen LogP contribution is 2.27. The third-order valence-corrected chi connectivity index (χ3v) is 4.27. The van der Waals surface area contributed by atoms with Crippen molar-refractivity contribution in [3.05, 3.63) is 58.6 Å². The Hall–Kier alpha value is -1.65. The van der Waals surface area contributed by atoms with Crippen molar-refractivity contribution in [3.8, 4) is 0 Å². The molecule has 2 aromatic carbocycles. The SMILES string of the molecule is Cc1ccc(CNC(=O)CSc2ccc(Cl)cc2N)cc1. The Morgan fingerprint density at radius 2 is 1.95 bits per heavy atom. The minimum absolute atomic E-state index is 0.0186. The molecule has 21 heavy (non-hydrogen) atoms. The highest BCUT2D eigenvalue weighted by Gasteiger charge is 2.06. The van der Waals surface area contributed by atoms with Crippen LogP contribution in [-0.2, 0) is 11.3 Å². The molecule has 0 saturated heterocycles. The summed E-state index contributed by atoms with van der Waals surface area (Å²) in [6.07, 6.45) is 0. The Kier molecular flexibility index (Phi) is 5.53. The van der Waals surface area contributed by atoms with Gasteiger partial charge in [-0.15, -0.1) is 11.8 Å². The number of halogens is 1. The van der Waals surface area contributed by atoms with E-state index in [2.05, 4.69) is 5.32 Å². The molecule has 0 atom stereocenters. The molecule has 0 fully saturated rings. The van der Waals surface area contributed by atoms with E-state index >= 15 is 0 Å². The summed E-state index contributed by atoms with van der Waals surface area (Å²) in [6.45, 7) is 2.57. The Bertz CT molecular complexity index is 629. The summed E-state index contributed by atoms with van der Waals surface area (Å²) in [5.41, 5.74) is 8.74. The largest absolute Gasteiger partial charge is 0.398 e. The van der Waals surface area contributed by atoms with Crippen LogP contribution in [0.5, 0.6) is 0 Å². The highest BCUT2D eigenvalue weighted by atomic mass is 35.5. The molecule has 2 aromatic rings. The predicted molar refractivity (Wildman–Crippen MR) is 89.6 cm³/mol. The van der Waals surface area contributed by atoms with Crippen LogP contribution in [0.1, 0.15) is 11.1 Å². The number of hydrogen-bond acceptors (Lipinski definition) is 3. The van der Waals surface area contributed by atoms with Gasteiger partial charge in [0.25, 0.3) is 0 Å². The van der Waals surface area contributed by atoms with E-state index in [1.165, 1.54) is 17.3 Å². The first-order valence-corrected chi connectivity index (χ1v) is 7.91. The molecular formula is C16H17ClN2OS. The molecule has 0 unspecified atom stereocenters. The van der Waals surface area contributed by atoms with Crippen molar-refractivity contribution in [1.29, 1.82) is 0 Å². The third kappa shape index (κ3) is 4.99. The number of amides is 1. The van der Waals surface area contributed by atoms with Crippen LogP contribution >= 0.6 is 23.4 Å². The van der Waals surface area contributed by atoms with Crippen LogP contribution in [0.25, 0.3) is 0 Å². The normalized spacial score (nSPS) is 10.4. The van der Waals surface area contributed by atoms with Crippen LogP contribution in [0.15, 0.2) is 47.4 Å². The Balaban J connectivity index is 1.80. The number of hydrogen-bond donors (Lipinski definition) is 2. The molecule has 0 bridgehead atoms. The number of nitrogen functional groups attached to an aromatic ring is 1. The molecular weight excluding hydrogens is 304 g/mol. The van der Waals surface area contributed by atoms with Gasteiger partial charge in [-0.25, -0.2) is 0 Å². The number of carbonyl (C=O) groups excluding carboxylic acids is 1. The lowest BCUT2D eigenvalue weighted by atomic mass is 10.1. The maximum Gasteiger partial charge on any atom is 0.230 e. The van der Waals surface area contributed by atoms with E-state index in [0.29, 0.717) is 23.0 Å². The summed E-state index contributed by atoms with van der Waals surface area (Å²) >= 11 is 7.25. The van der Waals surface area contributed by atoms with Gasteiger partial charge in [-0.1, -0.05) is 41.4 Å². The first kappa shape index (κ1) is 15.7. The van der Waals surface area contributed by atoms with E-state index < -0.39 is 0 Å². The topological polar surface area (TPSA) is 55.1 Å². The number of carbonyl (C=O) groups is 1. The molecule has 3 nitrogen and oxygen atoms in total. The van der Waals surface area contributed by atoms with Gasteiger partial charge in [-0.2, -0.15) is 0 Å². The van der Waals surface area contributed by atoms with Crippen LogP contribution in [0.3, 0.4) is 0 Å². The molecule has 0 aliphatic heterocycles. The molecule has 5 heteroatoms. The Labute approximate surface area is 133 Å². The molecule has 1 amide bonds. The third-order valence-electron chi connectivity index (χ3n) is 2.94. The Morgan fingerprint density at radius 1 is 1.24 bits per heavy atom. The van der Waals surface area contributed by atoms with Crippen molar-refractivity contribution in [3.63, 3.8) is 0 Å². The maximum atomic E-state index is 11.8. The summed E-state index contributed by atoms with van der Waals surface area (Å²) in [6, 6.07) is 13.4. The number of thioether (sulfide) groups is 1. The van der Waals surface area contributed by atoms with Gasteiger partial charge < -0.3 is 11.1 Å². The fourth-order valence-corrected chi connectivity index (χ4v) is 2.71. The van der Waals surface area contributed by atoms with E-state index in [4.69, 9.17) is 17.3 Å². The van der Waals surface area contributed by atoms with Crippen molar-refractivity contribution >= 4 is 35.0 Å². The molecule has 0 aromatic heterocycles. The number of benzene rings is 2. The van der Waals surface area contributed by atoms with Gasteiger partial charge in [0.05, 0.1) is 5.75 Å². The van der Waals surface area contributed by atoms with Crippen molar-refractivity contribution < 1.29 is 4.79 Å². The van der Waals surface area contributed by atoms with Gasteiger partial charge in [0, 0.05) is 22.2 Å². The quantitative estimate of drug-likeness (QED) is 0.653. The van der Waals surface area contributed by atoms with Gasteiger partial charge in [-0.05, 0) is 30.7 Å². The van der Waals surface area contributed by atoms with E-state index in [-0.39, 0.29) is 5.91 Å². The fourth-order valence-electron chi connectivity index (χ4n) is 1.75. The second kappa shape index (κ2) is 7.38. The number of anilines is 1. The first-order valence-electron chi connectivity index (χ1n) is 6.54. The van der Waals surface area contributed by atoms with Gasteiger partial charge in [0.1, 0.15) is 0 Å². The standard InChI is InChI=1S/C16H17ClN2OS/c1-11-2-4-12(5-3-11)9-19-16(20)10-21-15-7-6-13(17)8-14(15)18/h2-8H,9-10,18H2,1H3,(H,19,20). The minimum Gasteiger partial charge on any atom is -0.398 e. The summed E-state index contributed by atoms with van der Waals surface area (Å²) in [4.78, 5) is 12.7. The lowest BCUT2D eigenvalue weighted by Crippen LogP contribution is -2.24. The second-order valence-corrected chi connectivity index (χ2v) is 6.19. The molecule has 110 valence electrons. The minimum atomic E-state index is -0.0186. The second-order valence-electron chi connectivity index (χ2n) is 4.73. The van der Waals surface area contributed by atoms with Crippen molar-refractivity contribution in [1.82, 2.24) is 5.32 Å². The fraction of sp³-hybridized carbons (Fsp3) is 0.188. The zero-order valence-corrected chi connectivity index (χ0v) is 13.3. The number of aryl methyl sites for hydroxylation is 1. The van der Waals surface area contributed by atoms with Gasteiger partial charge >= 0.3 is 0 Å². The maximum absolute atomic E-state index is 11.8. The van der Waals surface area contributed by atoms with Crippen LogP contribution in [0.4, 0.5) is 5.69 Å². The smallest absolute Gasteiger partial charge is 0.230 e. The molecule has 0 aliphatic rings. The predicted octanol–water partition coefficient (Wildman–Crippen LogP) is 3.64. The lowest BCUT2D eigenvalue weighted by Gasteiger charge is -2.07. The van der Waals surface area contributed by atoms with Crippen LogP contribution < -0.4 is 11.1 Å². The monoisotopic (exact) mass is 320 g/mol. The first-order chi connectivity index (χ1) is 10.0. The lowest BCUT2D eigenvalue weighted by molar-refractivity contribution is -0.118. The van der Waals surface area contributed by atoms with Crippen molar-refractivity contribution in [2.75, 3.05) is 11.5 Å². The molecule has 0 radical (unpaired) electrons. The van der Waals surface area contributed by atoms with Gasteiger partial charge in [0.15, 0.2) is 0 Å². The van der Waals surface area contributed by atoms with Crippen molar-refractivity contribution in [2.24, 2.45) is 0 Å². The van der Waals surface area contributed by atoms with Crippen LogP contribution in [0.2, 0.25) is 5.02 Å². The zero-order valence-electron chi connectivity index (χ0n) is 11.7. The molecule has 0 spiro atoms. The van der Waals surface area contributed by atoms with Crippen molar-refractivity contribution in [2.45, 2.75) is 18.4 Å². The molecule has 3 N–H and O–H groups in total. The van der Waals surface area contributed by atoms with Crippen LogP contribution in [0, 0.1) is 6.92 Å². The van der Waals surface area contributed by atoms with E-state index in [9.17, 15) is 4.79 Å². The number of nitrogens with one attached hydrogen (secondary N) is 1. The van der Waals surface area contributed by atoms with Gasteiger partial charge in [-0.3, -0.25) is 4.79 Å². The summed E-state index contributed by atoms with van der Waals surface area (Å²) in [7, 11) is 0. The molecule has 0 heterocycles. The average Bonchev–Trinajstić information content (AvgIpc) is 2.46. The average molecular weight is 321 g/mol.